The lowest BCUT2D eigenvalue weighted by Crippen LogP contribution is -2.48. The maximum atomic E-state index is 13.4. The topological polar surface area (TPSA) is 32.8 Å². The molecular formula is C22H27FN2O2. The minimum Gasteiger partial charge on any atom is -0.375 e. The van der Waals surface area contributed by atoms with Gasteiger partial charge in [0.15, 0.2) is 0 Å². The summed E-state index contributed by atoms with van der Waals surface area (Å²) in [6, 6.07) is 15.0. The number of carbonyl (C=O) groups excluding carboxylic acids is 1. The Morgan fingerprint density at radius 3 is 2.59 bits per heavy atom. The van der Waals surface area contributed by atoms with Crippen LogP contribution in [0, 0.1) is 12.7 Å². The monoisotopic (exact) mass is 370 g/mol. The number of aryl methyl sites for hydroxylation is 1. The summed E-state index contributed by atoms with van der Waals surface area (Å²) in [6.07, 6.45) is 1.78. The Bertz CT molecular complexity index is 772. The summed E-state index contributed by atoms with van der Waals surface area (Å²) in [7, 11) is 1.55. The Hall–Kier alpha value is -2.24. The zero-order chi connectivity index (χ0) is 19.2. The van der Waals surface area contributed by atoms with Gasteiger partial charge in [-0.25, -0.2) is 4.39 Å². The maximum Gasteiger partial charge on any atom is 0.253 e. The first kappa shape index (κ1) is 19.5. The number of likely N-dealkylation sites (tertiary alicyclic amines) is 1. The second-order valence-electron chi connectivity index (χ2n) is 7.17. The quantitative estimate of drug-likeness (QED) is 0.776. The average molecular weight is 370 g/mol. The van der Waals surface area contributed by atoms with E-state index in [2.05, 4.69) is 4.90 Å². The highest BCUT2D eigenvalue weighted by Gasteiger charge is 2.29. The molecule has 2 aromatic rings. The van der Waals surface area contributed by atoms with E-state index in [4.69, 9.17) is 4.74 Å². The normalized spacial score (nSPS) is 15.7. The Kier molecular flexibility index (Phi) is 6.58. The molecule has 3 rings (SSSR count). The highest BCUT2D eigenvalue weighted by molar-refractivity contribution is 5.95. The molecule has 0 bridgehead atoms. The SMILES string of the molecule is COCC(=O)N(c1cccc(C)c1)C1CCN(Cc2cccc(F)c2)CC1. The molecule has 1 aliphatic rings. The zero-order valence-corrected chi connectivity index (χ0v) is 16.0. The number of hydrogen-bond acceptors (Lipinski definition) is 3. The van der Waals surface area contributed by atoms with Crippen molar-refractivity contribution in [2.24, 2.45) is 0 Å². The molecule has 1 aliphatic heterocycles. The number of rotatable bonds is 6. The molecule has 1 amide bonds. The number of carbonyl (C=O) groups is 1. The van der Waals surface area contributed by atoms with Crippen molar-refractivity contribution in [3.63, 3.8) is 0 Å². The zero-order valence-electron chi connectivity index (χ0n) is 16.0. The second-order valence-corrected chi connectivity index (χ2v) is 7.17. The summed E-state index contributed by atoms with van der Waals surface area (Å²) < 4.78 is 18.5. The molecule has 0 aromatic heterocycles. The lowest BCUT2D eigenvalue weighted by Gasteiger charge is -2.38. The van der Waals surface area contributed by atoms with Crippen LogP contribution >= 0.6 is 0 Å². The fraction of sp³-hybridized carbons (Fsp3) is 0.409. The van der Waals surface area contributed by atoms with E-state index in [1.807, 2.05) is 42.2 Å². The van der Waals surface area contributed by atoms with Crippen molar-refractivity contribution in [1.82, 2.24) is 4.90 Å². The maximum absolute atomic E-state index is 13.4. The van der Waals surface area contributed by atoms with E-state index in [1.165, 1.54) is 6.07 Å². The van der Waals surface area contributed by atoms with Crippen molar-refractivity contribution < 1.29 is 13.9 Å². The van der Waals surface area contributed by atoms with Crippen molar-refractivity contribution in [1.29, 1.82) is 0 Å². The fourth-order valence-electron chi connectivity index (χ4n) is 3.76. The van der Waals surface area contributed by atoms with Crippen molar-refractivity contribution in [3.8, 4) is 0 Å². The third-order valence-electron chi connectivity index (χ3n) is 5.03. The summed E-state index contributed by atoms with van der Waals surface area (Å²) in [5.41, 5.74) is 3.05. The van der Waals surface area contributed by atoms with E-state index in [0.717, 1.165) is 49.3 Å². The molecule has 0 N–H and O–H groups in total. The molecule has 144 valence electrons. The molecule has 0 radical (unpaired) electrons. The number of methoxy groups -OCH3 is 1. The van der Waals surface area contributed by atoms with Gasteiger partial charge >= 0.3 is 0 Å². The van der Waals surface area contributed by atoms with E-state index >= 15 is 0 Å². The van der Waals surface area contributed by atoms with Crippen molar-refractivity contribution in [3.05, 3.63) is 65.5 Å². The summed E-state index contributed by atoms with van der Waals surface area (Å²) in [6.45, 7) is 4.61. The van der Waals surface area contributed by atoms with Gasteiger partial charge in [-0.3, -0.25) is 9.69 Å². The van der Waals surface area contributed by atoms with Gasteiger partial charge in [0.1, 0.15) is 12.4 Å². The highest BCUT2D eigenvalue weighted by atomic mass is 19.1. The van der Waals surface area contributed by atoms with Crippen LogP contribution in [0.15, 0.2) is 48.5 Å². The van der Waals surface area contributed by atoms with Gasteiger partial charge in [-0.15, -0.1) is 0 Å². The molecule has 5 heteroatoms. The van der Waals surface area contributed by atoms with Crippen LogP contribution in [0.1, 0.15) is 24.0 Å². The molecule has 4 nitrogen and oxygen atoms in total. The molecule has 2 aromatic carbocycles. The smallest absolute Gasteiger partial charge is 0.253 e. The van der Waals surface area contributed by atoms with E-state index < -0.39 is 0 Å². The van der Waals surface area contributed by atoms with Gasteiger partial charge in [-0.1, -0.05) is 24.3 Å². The number of benzene rings is 2. The molecule has 0 atom stereocenters. The van der Waals surface area contributed by atoms with Crippen LogP contribution < -0.4 is 4.90 Å². The molecule has 27 heavy (non-hydrogen) atoms. The minimum absolute atomic E-state index is 0.00770. The molecule has 1 fully saturated rings. The largest absolute Gasteiger partial charge is 0.375 e. The Morgan fingerprint density at radius 1 is 1.19 bits per heavy atom. The van der Waals surface area contributed by atoms with Gasteiger partial charge in [0.2, 0.25) is 0 Å². The molecule has 0 saturated carbocycles. The third-order valence-corrected chi connectivity index (χ3v) is 5.03. The van der Waals surface area contributed by atoms with Gasteiger partial charge in [0.25, 0.3) is 5.91 Å². The van der Waals surface area contributed by atoms with Crippen molar-refractivity contribution in [2.75, 3.05) is 31.7 Å². The Morgan fingerprint density at radius 2 is 1.93 bits per heavy atom. The standard InChI is InChI=1S/C22H27FN2O2/c1-17-5-3-8-21(13-17)25(22(26)16-27-2)20-9-11-24(12-10-20)15-18-6-4-7-19(23)14-18/h3-8,13-14,20H,9-12,15-16H2,1-2H3. The van der Waals surface area contributed by atoms with Gasteiger partial charge < -0.3 is 9.64 Å². The fourth-order valence-corrected chi connectivity index (χ4v) is 3.76. The van der Waals surface area contributed by atoms with Gasteiger partial charge in [-0.2, -0.15) is 0 Å². The van der Waals surface area contributed by atoms with Crippen LogP contribution in [0.3, 0.4) is 0 Å². The molecule has 1 heterocycles. The summed E-state index contributed by atoms with van der Waals surface area (Å²) in [5, 5.41) is 0. The van der Waals surface area contributed by atoms with Gasteiger partial charge in [-0.05, 0) is 55.2 Å². The van der Waals surface area contributed by atoms with Crippen LogP contribution in [0.5, 0.6) is 0 Å². The summed E-state index contributed by atoms with van der Waals surface area (Å²) >= 11 is 0. The predicted molar refractivity (Wildman–Crippen MR) is 105 cm³/mol. The van der Waals surface area contributed by atoms with Crippen LogP contribution in [-0.4, -0.2) is 43.7 Å². The van der Waals surface area contributed by atoms with E-state index in [-0.39, 0.29) is 24.4 Å². The van der Waals surface area contributed by atoms with Gasteiger partial charge in [0.05, 0.1) is 0 Å². The minimum atomic E-state index is -0.196. The van der Waals surface area contributed by atoms with E-state index in [0.29, 0.717) is 0 Å². The Balaban J connectivity index is 1.68. The number of ether oxygens (including phenoxy) is 1. The molecular weight excluding hydrogens is 343 g/mol. The number of amides is 1. The predicted octanol–water partition coefficient (Wildman–Crippen LogP) is 3.78. The number of hydrogen-bond donors (Lipinski definition) is 0. The van der Waals surface area contributed by atoms with Gasteiger partial charge in [0, 0.05) is 38.5 Å². The van der Waals surface area contributed by atoms with Crippen molar-refractivity contribution in [2.45, 2.75) is 32.4 Å². The second kappa shape index (κ2) is 9.11. The van der Waals surface area contributed by atoms with E-state index in [9.17, 15) is 9.18 Å². The average Bonchev–Trinajstić information content (AvgIpc) is 2.64. The molecule has 1 saturated heterocycles. The lowest BCUT2D eigenvalue weighted by atomic mass is 10.0. The number of halogens is 1. The first-order valence-corrected chi connectivity index (χ1v) is 9.41. The summed E-state index contributed by atoms with van der Waals surface area (Å²) in [5.74, 6) is -0.204. The van der Waals surface area contributed by atoms with Crippen LogP contribution in [0.4, 0.5) is 10.1 Å². The van der Waals surface area contributed by atoms with Crippen LogP contribution in [0.25, 0.3) is 0 Å². The first-order valence-electron chi connectivity index (χ1n) is 9.41. The summed E-state index contributed by atoms with van der Waals surface area (Å²) in [4.78, 5) is 16.9. The highest BCUT2D eigenvalue weighted by Crippen LogP contribution is 2.25. The molecule has 0 spiro atoms. The molecule has 0 unspecified atom stereocenters. The van der Waals surface area contributed by atoms with Crippen molar-refractivity contribution >= 4 is 11.6 Å². The third kappa shape index (κ3) is 5.15. The van der Waals surface area contributed by atoms with E-state index in [1.54, 1.807) is 19.2 Å². The number of nitrogens with zero attached hydrogens (tertiary/aromatic N) is 2. The lowest BCUT2D eigenvalue weighted by molar-refractivity contribution is -0.122. The van der Waals surface area contributed by atoms with Crippen LogP contribution in [-0.2, 0) is 16.1 Å². The first-order chi connectivity index (χ1) is 13.1. The van der Waals surface area contributed by atoms with Crippen LogP contribution in [0.2, 0.25) is 0 Å². The number of piperidine rings is 1. The molecule has 0 aliphatic carbocycles. The Labute approximate surface area is 160 Å². The number of anilines is 1.